The van der Waals surface area contributed by atoms with Crippen molar-refractivity contribution >= 4 is 11.6 Å². The maximum Gasteiger partial charge on any atom is 0.159 e. The van der Waals surface area contributed by atoms with E-state index in [1.807, 2.05) is 13.8 Å². The standard InChI is InChI=1S/C30H46O4/c1-17(15-19(31)25-27(4,5)34-25)24-18-9-10-22-28(6)13-12-23(33)26(2,3)21(28)11-14-29(22,7)30(18,8)16-20(24)32/h17,19,21-22,25,31H,9-16H2,1-8H3/t17-,19+,21+,22+,25-,28+,29+,30+/m1/s1. The number of carbonyl (C=O) groups is 2. The lowest BCUT2D eigenvalue weighted by Crippen LogP contribution is -2.62. The molecule has 4 aliphatic carbocycles. The molecule has 190 valence electrons. The summed E-state index contributed by atoms with van der Waals surface area (Å²) in [4.78, 5) is 26.5. The minimum absolute atomic E-state index is 0.0534. The number of hydrogen-bond donors (Lipinski definition) is 1. The van der Waals surface area contributed by atoms with Gasteiger partial charge in [0, 0.05) is 23.7 Å². The van der Waals surface area contributed by atoms with Crippen LogP contribution in [-0.4, -0.2) is 34.5 Å². The van der Waals surface area contributed by atoms with Crippen LogP contribution in [0.2, 0.25) is 0 Å². The van der Waals surface area contributed by atoms with E-state index in [-0.39, 0.29) is 39.3 Å². The summed E-state index contributed by atoms with van der Waals surface area (Å²) in [7, 11) is 0. The summed E-state index contributed by atoms with van der Waals surface area (Å²) >= 11 is 0. The first-order chi connectivity index (χ1) is 15.6. The van der Waals surface area contributed by atoms with Gasteiger partial charge in [-0.3, -0.25) is 9.59 Å². The van der Waals surface area contributed by atoms with Crippen LogP contribution < -0.4 is 0 Å². The second kappa shape index (κ2) is 7.28. The second-order valence-corrected chi connectivity index (χ2v) is 14.4. The SMILES string of the molecule is C[C@H](C[C@H](O)[C@H]1OC1(C)C)C1=C2CC[C@H]3[C@@]4(C)CCC(=O)C(C)(C)[C@@H]4CC[C@]3(C)[C@@]2(C)CC1=O. The molecule has 5 aliphatic rings. The zero-order chi connectivity index (χ0) is 25.1. The van der Waals surface area contributed by atoms with Gasteiger partial charge < -0.3 is 9.84 Å². The molecule has 1 heterocycles. The molecular formula is C30H46O4. The predicted octanol–water partition coefficient (Wildman–Crippen LogP) is 6.05. The summed E-state index contributed by atoms with van der Waals surface area (Å²) < 4.78 is 5.68. The molecule has 1 N–H and O–H groups in total. The van der Waals surface area contributed by atoms with Gasteiger partial charge in [0.1, 0.15) is 11.9 Å². The molecule has 1 aliphatic heterocycles. The first-order valence-electron chi connectivity index (χ1n) is 13.8. The molecule has 0 spiro atoms. The maximum absolute atomic E-state index is 13.6. The van der Waals surface area contributed by atoms with Gasteiger partial charge in [-0.15, -0.1) is 0 Å². The first-order valence-corrected chi connectivity index (χ1v) is 13.8. The highest BCUT2D eigenvalue weighted by molar-refractivity contribution is 6.00. The third kappa shape index (κ3) is 3.09. The van der Waals surface area contributed by atoms with Gasteiger partial charge in [0.2, 0.25) is 0 Å². The van der Waals surface area contributed by atoms with Gasteiger partial charge in [-0.05, 0) is 86.5 Å². The monoisotopic (exact) mass is 470 g/mol. The van der Waals surface area contributed by atoms with Gasteiger partial charge in [-0.2, -0.15) is 0 Å². The Hall–Kier alpha value is -1.00. The Morgan fingerprint density at radius 2 is 1.62 bits per heavy atom. The van der Waals surface area contributed by atoms with Crippen LogP contribution in [0.15, 0.2) is 11.1 Å². The molecule has 0 amide bonds. The Labute approximate surface area is 206 Å². The number of allylic oxidation sites excluding steroid dienone is 2. The Kier molecular flexibility index (Phi) is 5.28. The number of rotatable bonds is 4. The van der Waals surface area contributed by atoms with Gasteiger partial charge >= 0.3 is 0 Å². The van der Waals surface area contributed by atoms with E-state index in [4.69, 9.17) is 4.74 Å². The minimum atomic E-state index is -0.527. The number of fused-ring (bicyclic) bond motifs is 5. The number of carbonyl (C=O) groups excluding carboxylic acids is 2. The quantitative estimate of drug-likeness (QED) is 0.508. The summed E-state index contributed by atoms with van der Waals surface area (Å²) in [5.74, 6) is 1.77. The molecule has 1 saturated heterocycles. The lowest BCUT2D eigenvalue weighted by molar-refractivity contribution is -0.180. The molecule has 0 radical (unpaired) electrons. The fourth-order valence-electron chi connectivity index (χ4n) is 9.91. The topological polar surface area (TPSA) is 66.9 Å². The van der Waals surface area contributed by atoms with Crippen molar-refractivity contribution in [1.82, 2.24) is 0 Å². The number of aliphatic hydroxyl groups excluding tert-OH is 1. The van der Waals surface area contributed by atoms with E-state index < -0.39 is 6.10 Å². The van der Waals surface area contributed by atoms with Crippen molar-refractivity contribution in [3.05, 3.63) is 11.1 Å². The van der Waals surface area contributed by atoms with Crippen LogP contribution in [0.25, 0.3) is 0 Å². The van der Waals surface area contributed by atoms with Crippen molar-refractivity contribution in [2.24, 2.45) is 39.4 Å². The van der Waals surface area contributed by atoms with Gasteiger partial charge in [0.05, 0.1) is 11.7 Å². The van der Waals surface area contributed by atoms with E-state index in [0.717, 1.165) is 37.7 Å². The zero-order valence-corrected chi connectivity index (χ0v) is 22.7. The van der Waals surface area contributed by atoms with Crippen molar-refractivity contribution in [2.45, 2.75) is 125 Å². The van der Waals surface area contributed by atoms with E-state index in [1.54, 1.807) is 0 Å². The Bertz CT molecular complexity index is 959. The highest BCUT2D eigenvalue weighted by Gasteiger charge is 2.67. The fourth-order valence-corrected chi connectivity index (χ4v) is 9.91. The van der Waals surface area contributed by atoms with Crippen LogP contribution in [0.1, 0.15) is 107 Å². The van der Waals surface area contributed by atoms with Crippen LogP contribution in [0, 0.1) is 39.4 Å². The number of ether oxygens (including phenoxy) is 1. The molecule has 0 aromatic heterocycles. The van der Waals surface area contributed by atoms with Crippen molar-refractivity contribution in [2.75, 3.05) is 0 Å². The van der Waals surface area contributed by atoms with Crippen molar-refractivity contribution in [1.29, 1.82) is 0 Å². The normalized spacial score (nSPS) is 46.4. The van der Waals surface area contributed by atoms with Crippen LogP contribution in [0.4, 0.5) is 0 Å². The van der Waals surface area contributed by atoms with Gasteiger partial charge in [-0.25, -0.2) is 0 Å². The smallest absolute Gasteiger partial charge is 0.159 e. The molecule has 4 fully saturated rings. The predicted molar refractivity (Wildman–Crippen MR) is 133 cm³/mol. The van der Waals surface area contributed by atoms with Crippen molar-refractivity contribution < 1.29 is 19.4 Å². The van der Waals surface area contributed by atoms with E-state index in [2.05, 4.69) is 41.5 Å². The summed E-state index contributed by atoms with van der Waals surface area (Å²) in [5, 5.41) is 10.8. The van der Waals surface area contributed by atoms with E-state index >= 15 is 0 Å². The lowest BCUT2D eigenvalue weighted by Gasteiger charge is -2.67. The van der Waals surface area contributed by atoms with Crippen LogP contribution in [-0.2, 0) is 14.3 Å². The number of ketones is 2. The Morgan fingerprint density at radius 3 is 2.24 bits per heavy atom. The highest BCUT2D eigenvalue weighted by atomic mass is 16.6. The first kappa shape index (κ1) is 24.7. The zero-order valence-electron chi connectivity index (χ0n) is 22.7. The van der Waals surface area contributed by atoms with Crippen LogP contribution >= 0.6 is 0 Å². The van der Waals surface area contributed by atoms with E-state index in [9.17, 15) is 14.7 Å². The molecule has 0 aromatic carbocycles. The molecule has 4 nitrogen and oxygen atoms in total. The summed E-state index contributed by atoms with van der Waals surface area (Å²) in [6.45, 7) is 17.9. The third-order valence-electron chi connectivity index (χ3n) is 12.0. The third-order valence-corrected chi connectivity index (χ3v) is 12.0. The van der Waals surface area contributed by atoms with Crippen molar-refractivity contribution in [3.8, 4) is 0 Å². The molecule has 8 atom stereocenters. The van der Waals surface area contributed by atoms with Gasteiger partial charge in [0.15, 0.2) is 5.78 Å². The average molecular weight is 471 g/mol. The van der Waals surface area contributed by atoms with Gasteiger partial charge in [0.25, 0.3) is 0 Å². The number of Topliss-reactive ketones (excluding diaryl/α,β-unsaturated/α-hetero) is 2. The number of hydrogen-bond acceptors (Lipinski definition) is 4. The van der Waals surface area contributed by atoms with Gasteiger partial charge in [-0.1, -0.05) is 47.1 Å². The fraction of sp³-hybridized carbons (Fsp3) is 0.867. The number of aliphatic hydroxyl groups is 1. The largest absolute Gasteiger partial charge is 0.390 e. The Balaban J connectivity index is 1.47. The molecule has 34 heavy (non-hydrogen) atoms. The minimum Gasteiger partial charge on any atom is -0.390 e. The summed E-state index contributed by atoms with van der Waals surface area (Å²) in [5.41, 5.74) is 2.02. The summed E-state index contributed by atoms with van der Waals surface area (Å²) in [6.07, 6.45) is 6.52. The second-order valence-electron chi connectivity index (χ2n) is 14.4. The highest BCUT2D eigenvalue weighted by Crippen LogP contribution is 2.73. The molecule has 0 aromatic rings. The molecule has 3 saturated carbocycles. The molecule has 5 rings (SSSR count). The van der Waals surface area contributed by atoms with Crippen LogP contribution in [0.5, 0.6) is 0 Å². The average Bonchev–Trinajstić information content (AvgIpc) is 3.26. The molecule has 0 unspecified atom stereocenters. The summed E-state index contributed by atoms with van der Waals surface area (Å²) in [6, 6.07) is 0. The number of epoxide rings is 1. The van der Waals surface area contributed by atoms with Crippen molar-refractivity contribution in [3.63, 3.8) is 0 Å². The molecular weight excluding hydrogens is 424 g/mol. The van der Waals surface area contributed by atoms with Crippen LogP contribution in [0.3, 0.4) is 0 Å². The lowest BCUT2D eigenvalue weighted by atomic mass is 9.36. The maximum atomic E-state index is 13.6. The molecule has 4 heteroatoms. The Morgan fingerprint density at radius 1 is 0.971 bits per heavy atom. The van der Waals surface area contributed by atoms with E-state index in [0.29, 0.717) is 42.7 Å². The van der Waals surface area contributed by atoms with E-state index in [1.165, 1.54) is 5.57 Å². The molecule has 0 bridgehead atoms.